The summed E-state index contributed by atoms with van der Waals surface area (Å²) in [7, 11) is 0. The second-order valence-corrected chi connectivity index (χ2v) is 3.15. The lowest BCUT2D eigenvalue weighted by Gasteiger charge is -2.08. The Hall–Kier alpha value is -1.86. The number of nitrogens with zero attached hydrogens (tertiary/aromatic N) is 1. The molecule has 0 aromatic heterocycles. The van der Waals surface area contributed by atoms with Crippen LogP contribution in [-0.4, -0.2) is 17.1 Å². The van der Waals surface area contributed by atoms with Gasteiger partial charge in [0.05, 0.1) is 12.5 Å². The van der Waals surface area contributed by atoms with Gasteiger partial charge in [0, 0.05) is 6.54 Å². The normalized spacial score (nSPS) is 11.7. The molecule has 0 spiro atoms. The Balaban J connectivity index is 2.42. The van der Waals surface area contributed by atoms with Gasteiger partial charge in [0.25, 0.3) is 0 Å². The van der Waals surface area contributed by atoms with Gasteiger partial charge in [-0.05, 0) is 5.56 Å². The van der Waals surface area contributed by atoms with E-state index in [2.05, 4.69) is 5.32 Å². The van der Waals surface area contributed by atoms with Crippen molar-refractivity contribution < 1.29 is 9.90 Å². The molecular weight excluding hydrogens is 192 g/mol. The quantitative estimate of drug-likeness (QED) is 0.754. The van der Waals surface area contributed by atoms with E-state index in [1.54, 1.807) is 0 Å². The molecule has 0 heterocycles. The summed E-state index contributed by atoms with van der Waals surface area (Å²) in [4.78, 5) is 10.4. The van der Waals surface area contributed by atoms with Gasteiger partial charge in [-0.3, -0.25) is 10.1 Å². The maximum absolute atomic E-state index is 10.4. The number of nitrogens with one attached hydrogen (secondary N) is 1. The molecule has 0 bridgehead atoms. The number of rotatable bonds is 5. The largest absolute Gasteiger partial charge is 0.481 e. The predicted octanol–water partition coefficient (Wildman–Crippen LogP) is 1.14. The Morgan fingerprint density at radius 3 is 2.67 bits per heavy atom. The maximum atomic E-state index is 10.4. The molecule has 1 rings (SSSR count). The lowest BCUT2D eigenvalue weighted by molar-refractivity contribution is -0.137. The molecular formula is C11H12N2O2. The van der Waals surface area contributed by atoms with Crippen LogP contribution >= 0.6 is 0 Å². The zero-order valence-corrected chi connectivity index (χ0v) is 8.18. The van der Waals surface area contributed by atoms with Gasteiger partial charge >= 0.3 is 5.97 Å². The maximum Gasteiger partial charge on any atom is 0.306 e. The van der Waals surface area contributed by atoms with Crippen molar-refractivity contribution in [2.24, 2.45) is 0 Å². The number of carboxylic acids is 1. The van der Waals surface area contributed by atoms with Crippen LogP contribution in [0.15, 0.2) is 30.3 Å². The van der Waals surface area contributed by atoms with Gasteiger partial charge in [-0.1, -0.05) is 30.3 Å². The van der Waals surface area contributed by atoms with Crippen LogP contribution in [0.3, 0.4) is 0 Å². The standard InChI is InChI=1S/C11H12N2O2/c12-7-10(6-11(14)15)13-8-9-4-2-1-3-5-9/h1-5,10,13H,6,8H2,(H,14,15)/t10-/m0/s1. The highest BCUT2D eigenvalue weighted by Crippen LogP contribution is 1.99. The molecule has 0 unspecified atom stereocenters. The lowest BCUT2D eigenvalue weighted by Crippen LogP contribution is -2.29. The molecule has 1 aromatic carbocycles. The van der Waals surface area contributed by atoms with Gasteiger partial charge < -0.3 is 5.11 Å². The molecule has 0 radical (unpaired) electrons. The van der Waals surface area contributed by atoms with Crippen molar-refractivity contribution in [1.82, 2.24) is 5.32 Å². The van der Waals surface area contributed by atoms with Crippen molar-refractivity contribution in [2.75, 3.05) is 0 Å². The molecule has 4 heteroatoms. The first-order valence-corrected chi connectivity index (χ1v) is 4.61. The van der Waals surface area contributed by atoms with E-state index in [1.807, 2.05) is 36.4 Å². The molecule has 0 saturated heterocycles. The van der Waals surface area contributed by atoms with E-state index in [0.717, 1.165) is 5.56 Å². The van der Waals surface area contributed by atoms with Gasteiger partial charge in [-0.25, -0.2) is 0 Å². The Morgan fingerprint density at radius 1 is 1.47 bits per heavy atom. The summed E-state index contributed by atoms with van der Waals surface area (Å²) in [5.41, 5.74) is 1.03. The first-order valence-electron chi connectivity index (χ1n) is 4.61. The number of carboxylic acid groups (broad SMARTS) is 1. The number of hydrogen-bond acceptors (Lipinski definition) is 3. The average Bonchev–Trinajstić information content (AvgIpc) is 2.25. The van der Waals surface area contributed by atoms with E-state index in [0.29, 0.717) is 6.54 Å². The van der Waals surface area contributed by atoms with Gasteiger partial charge in [0.2, 0.25) is 0 Å². The number of carbonyl (C=O) groups is 1. The van der Waals surface area contributed by atoms with Crippen LogP contribution in [0.1, 0.15) is 12.0 Å². The fraction of sp³-hybridized carbons (Fsp3) is 0.273. The van der Waals surface area contributed by atoms with Crippen molar-refractivity contribution in [2.45, 2.75) is 19.0 Å². The summed E-state index contributed by atoms with van der Waals surface area (Å²) in [6, 6.07) is 10.8. The van der Waals surface area contributed by atoms with E-state index in [9.17, 15) is 4.79 Å². The van der Waals surface area contributed by atoms with Crippen LogP contribution in [-0.2, 0) is 11.3 Å². The number of benzene rings is 1. The first kappa shape index (κ1) is 11.2. The zero-order chi connectivity index (χ0) is 11.1. The SMILES string of the molecule is N#C[C@H](CC(=O)O)NCc1ccccc1. The number of nitriles is 1. The van der Waals surface area contributed by atoms with Gasteiger partial charge in [-0.2, -0.15) is 5.26 Å². The van der Waals surface area contributed by atoms with Crippen LogP contribution in [0.25, 0.3) is 0 Å². The third-order valence-electron chi connectivity index (χ3n) is 1.93. The summed E-state index contributed by atoms with van der Waals surface area (Å²) in [5, 5.41) is 20.1. The van der Waals surface area contributed by atoms with Crippen LogP contribution in [0.2, 0.25) is 0 Å². The van der Waals surface area contributed by atoms with Crippen LogP contribution in [0.5, 0.6) is 0 Å². The van der Waals surface area contributed by atoms with Crippen molar-refractivity contribution in [3.63, 3.8) is 0 Å². The predicted molar refractivity (Wildman–Crippen MR) is 54.9 cm³/mol. The minimum atomic E-state index is -0.970. The summed E-state index contributed by atoms with van der Waals surface area (Å²) in [5.74, 6) is -0.970. The summed E-state index contributed by atoms with van der Waals surface area (Å²) >= 11 is 0. The molecule has 1 aromatic rings. The van der Waals surface area contributed by atoms with Crippen molar-refractivity contribution in [3.05, 3.63) is 35.9 Å². The molecule has 15 heavy (non-hydrogen) atoms. The molecule has 2 N–H and O–H groups in total. The first-order chi connectivity index (χ1) is 7.22. The Morgan fingerprint density at radius 2 is 2.13 bits per heavy atom. The van der Waals surface area contributed by atoms with Crippen molar-refractivity contribution >= 4 is 5.97 Å². The minimum absolute atomic E-state index is 0.177. The smallest absolute Gasteiger partial charge is 0.306 e. The molecule has 0 aliphatic heterocycles. The van der Waals surface area contributed by atoms with E-state index in [-0.39, 0.29) is 6.42 Å². The van der Waals surface area contributed by atoms with Crippen LogP contribution < -0.4 is 5.32 Å². The number of aliphatic carboxylic acids is 1. The monoisotopic (exact) mass is 204 g/mol. The Bertz CT molecular complexity index is 357. The Labute approximate surface area is 88.2 Å². The highest BCUT2D eigenvalue weighted by atomic mass is 16.4. The molecule has 78 valence electrons. The molecule has 4 nitrogen and oxygen atoms in total. The molecule has 0 fully saturated rings. The summed E-state index contributed by atoms with van der Waals surface area (Å²) in [6.07, 6.45) is -0.177. The second-order valence-electron chi connectivity index (χ2n) is 3.15. The van der Waals surface area contributed by atoms with Crippen molar-refractivity contribution in [3.8, 4) is 6.07 Å². The molecule has 0 amide bonds. The molecule has 0 aliphatic carbocycles. The third kappa shape index (κ3) is 4.25. The fourth-order valence-electron chi connectivity index (χ4n) is 1.17. The Kier molecular flexibility index (Phi) is 4.32. The van der Waals surface area contributed by atoms with Gasteiger partial charge in [-0.15, -0.1) is 0 Å². The second kappa shape index (κ2) is 5.78. The number of hydrogen-bond donors (Lipinski definition) is 2. The highest BCUT2D eigenvalue weighted by Gasteiger charge is 2.10. The van der Waals surface area contributed by atoms with Gasteiger partial charge in [0.1, 0.15) is 6.04 Å². The zero-order valence-electron chi connectivity index (χ0n) is 8.18. The van der Waals surface area contributed by atoms with Gasteiger partial charge in [0.15, 0.2) is 0 Å². The highest BCUT2D eigenvalue weighted by molar-refractivity contribution is 5.68. The minimum Gasteiger partial charge on any atom is -0.481 e. The lowest BCUT2D eigenvalue weighted by atomic mass is 10.2. The molecule has 0 saturated carbocycles. The van der Waals surface area contributed by atoms with E-state index in [1.165, 1.54) is 0 Å². The van der Waals surface area contributed by atoms with Crippen LogP contribution in [0.4, 0.5) is 0 Å². The van der Waals surface area contributed by atoms with E-state index in [4.69, 9.17) is 10.4 Å². The van der Waals surface area contributed by atoms with E-state index < -0.39 is 12.0 Å². The fourth-order valence-corrected chi connectivity index (χ4v) is 1.17. The van der Waals surface area contributed by atoms with E-state index >= 15 is 0 Å². The summed E-state index contributed by atoms with van der Waals surface area (Å²) < 4.78 is 0. The van der Waals surface area contributed by atoms with Crippen LogP contribution in [0, 0.1) is 11.3 Å². The molecule has 1 atom stereocenters. The summed E-state index contributed by atoms with van der Waals surface area (Å²) in [6.45, 7) is 0.506. The van der Waals surface area contributed by atoms with Crippen molar-refractivity contribution in [1.29, 1.82) is 5.26 Å². The third-order valence-corrected chi connectivity index (χ3v) is 1.93. The topological polar surface area (TPSA) is 73.1 Å². The average molecular weight is 204 g/mol. The molecule has 0 aliphatic rings.